The van der Waals surface area contributed by atoms with Crippen molar-refractivity contribution in [3.63, 3.8) is 0 Å². The number of rotatable bonds is 6. The van der Waals surface area contributed by atoms with Crippen LogP contribution in [0.3, 0.4) is 0 Å². The van der Waals surface area contributed by atoms with Crippen LogP contribution in [-0.2, 0) is 4.79 Å². The molecule has 1 amide bonds. The first-order chi connectivity index (χ1) is 13.0. The lowest BCUT2D eigenvalue weighted by molar-refractivity contribution is -0.122. The van der Waals surface area contributed by atoms with E-state index in [0.29, 0.717) is 17.2 Å². The van der Waals surface area contributed by atoms with Crippen molar-refractivity contribution in [1.29, 1.82) is 0 Å². The second kappa shape index (κ2) is 7.10. The molecule has 27 heavy (non-hydrogen) atoms. The highest BCUT2D eigenvalue weighted by Crippen LogP contribution is 2.55. The molecule has 5 rings (SSSR count). The van der Waals surface area contributed by atoms with Gasteiger partial charge in [0.25, 0.3) is 0 Å². The van der Waals surface area contributed by atoms with Crippen LogP contribution in [0.4, 0.5) is 0 Å². The molecule has 0 aromatic heterocycles. The fourth-order valence-electron chi connectivity index (χ4n) is 5.94. The van der Waals surface area contributed by atoms with E-state index in [0.717, 1.165) is 42.6 Å². The van der Waals surface area contributed by atoms with Crippen LogP contribution in [-0.4, -0.2) is 32.8 Å². The van der Waals surface area contributed by atoms with Crippen molar-refractivity contribution in [2.24, 2.45) is 17.8 Å². The third-order valence-corrected chi connectivity index (χ3v) is 6.54. The monoisotopic (exact) mass is 371 g/mol. The predicted molar refractivity (Wildman–Crippen MR) is 104 cm³/mol. The Morgan fingerprint density at radius 2 is 1.48 bits per heavy atom. The predicted octanol–water partition coefficient (Wildman–Crippen LogP) is 3.81. The quantitative estimate of drug-likeness (QED) is 0.773. The number of benzene rings is 1. The van der Waals surface area contributed by atoms with Gasteiger partial charge in [-0.25, -0.2) is 0 Å². The highest BCUT2D eigenvalue weighted by atomic mass is 16.5. The van der Waals surface area contributed by atoms with Gasteiger partial charge in [0.2, 0.25) is 11.7 Å². The minimum atomic E-state index is -0.00861. The minimum absolute atomic E-state index is 0.00861. The molecule has 0 aliphatic heterocycles. The van der Waals surface area contributed by atoms with Gasteiger partial charge in [-0.2, -0.15) is 0 Å². The van der Waals surface area contributed by atoms with E-state index in [1.54, 1.807) is 33.5 Å². The summed E-state index contributed by atoms with van der Waals surface area (Å²) in [5.74, 6) is 4.15. The molecular weight excluding hydrogens is 342 g/mol. The summed E-state index contributed by atoms with van der Waals surface area (Å²) in [5, 5.41) is 3.36. The van der Waals surface area contributed by atoms with Crippen LogP contribution in [0.1, 0.15) is 44.1 Å². The van der Waals surface area contributed by atoms with Crippen LogP contribution >= 0.6 is 0 Å². The Morgan fingerprint density at radius 1 is 0.963 bits per heavy atom. The maximum Gasteiger partial charge on any atom is 0.244 e. The molecule has 4 bridgehead atoms. The van der Waals surface area contributed by atoms with E-state index in [4.69, 9.17) is 14.2 Å². The fourth-order valence-corrected chi connectivity index (χ4v) is 5.94. The maximum absolute atomic E-state index is 12.6. The van der Waals surface area contributed by atoms with Gasteiger partial charge in [-0.1, -0.05) is 0 Å². The van der Waals surface area contributed by atoms with Gasteiger partial charge in [-0.3, -0.25) is 4.79 Å². The molecule has 0 atom stereocenters. The highest BCUT2D eigenvalue weighted by molar-refractivity contribution is 5.92. The molecule has 4 aliphatic carbocycles. The second-order valence-electron chi connectivity index (χ2n) is 8.48. The lowest BCUT2D eigenvalue weighted by Gasteiger charge is -2.56. The summed E-state index contributed by atoms with van der Waals surface area (Å²) in [6.07, 6.45) is 11.0. The van der Waals surface area contributed by atoms with Gasteiger partial charge in [-0.05, 0) is 80.1 Å². The van der Waals surface area contributed by atoms with E-state index < -0.39 is 0 Å². The molecule has 0 radical (unpaired) electrons. The molecule has 0 unspecified atom stereocenters. The average molecular weight is 371 g/mol. The Morgan fingerprint density at radius 3 is 1.93 bits per heavy atom. The Labute approximate surface area is 161 Å². The summed E-state index contributed by atoms with van der Waals surface area (Å²) in [7, 11) is 4.75. The van der Waals surface area contributed by atoms with Crippen LogP contribution in [0.5, 0.6) is 17.2 Å². The van der Waals surface area contributed by atoms with Gasteiger partial charge in [0.05, 0.1) is 21.3 Å². The summed E-state index contributed by atoms with van der Waals surface area (Å²) < 4.78 is 16.1. The molecule has 5 heteroatoms. The number of carbonyl (C=O) groups excluding carboxylic acids is 1. The molecule has 4 saturated carbocycles. The first-order valence-corrected chi connectivity index (χ1v) is 9.84. The SMILES string of the molecule is COc1cc(C=CC(=O)NC23CC4CC(CC(C4)C2)C3)cc(OC)c1OC. The van der Waals surface area contributed by atoms with Crippen molar-refractivity contribution < 1.29 is 19.0 Å². The molecule has 5 nitrogen and oxygen atoms in total. The zero-order valence-corrected chi connectivity index (χ0v) is 16.4. The first-order valence-electron chi connectivity index (χ1n) is 9.84. The van der Waals surface area contributed by atoms with Crippen molar-refractivity contribution in [2.45, 2.75) is 44.1 Å². The number of hydrogen-bond donors (Lipinski definition) is 1. The summed E-state index contributed by atoms with van der Waals surface area (Å²) >= 11 is 0. The molecule has 1 N–H and O–H groups in total. The smallest absolute Gasteiger partial charge is 0.244 e. The fraction of sp³-hybridized carbons (Fsp3) is 0.591. The zero-order chi connectivity index (χ0) is 19.0. The van der Waals surface area contributed by atoms with Gasteiger partial charge in [-0.15, -0.1) is 0 Å². The zero-order valence-electron chi connectivity index (χ0n) is 16.4. The van der Waals surface area contributed by atoms with Gasteiger partial charge < -0.3 is 19.5 Å². The van der Waals surface area contributed by atoms with Crippen molar-refractivity contribution >= 4 is 12.0 Å². The van der Waals surface area contributed by atoms with E-state index in [1.165, 1.54) is 19.3 Å². The lowest BCUT2D eigenvalue weighted by atomic mass is 9.53. The summed E-state index contributed by atoms with van der Waals surface area (Å²) in [6.45, 7) is 0. The Balaban J connectivity index is 1.48. The normalized spacial score (nSPS) is 31.1. The molecule has 146 valence electrons. The molecule has 0 saturated heterocycles. The van der Waals surface area contributed by atoms with Crippen LogP contribution < -0.4 is 19.5 Å². The van der Waals surface area contributed by atoms with Gasteiger partial charge in [0, 0.05) is 11.6 Å². The third-order valence-electron chi connectivity index (χ3n) is 6.54. The Bertz CT molecular complexity index is 694. The van der Waals surface area contributed by atoms with Crippen molar-refractivity contribution in [1.82, 2.24) is 5.32 Å². The van der Waals surface area contributed by atoms with E-state index in [2.05, 4.69) is 5.32 Å². The topological polar surface area (TPSA) is 56.8 Å². The maximum atomic E-state index is 12.6. The third kappa shape index (κ3) is 3.52. The number of methoxy groups -OCH3 is 3. The van der Waals surface area contributed by atoms with Crippen LogP contribution in [0.25, 0.3) is 6.08 Å². The number of nitrogens with one attached hydrogen (secondary N) is 1. The lowest BCUT2D eigenvalue weighted by Crippen LogP contribution is -2.59. The van der Waals surface area contributed by atoms with E-state index >= 15 is 0 Å². The van der Waals surface area contributed by atoms with Crippen molar-refractivity contribution in [3.8, 4) is 17.2 Å². The van der Waals surface area contributed by atoms with Crippen LogP contribution in [0.2, 0.25) is 0 Å². The summed E-state index contributed by atoms with van der Waals surface area (Å²) in [5.41, 5.74) is 0.871. The van der Waals surface area contributed by atoms with Crippen molar-refractivity contribution in [2.75, 3.05) is 21.3 Å². The molecule has 1 aromatic carbocycles. The molecule has 0 spiro atoms. The molecular formula is C22H29NO4. The standard InChI is InChI=1S/C22H29NO4/c1-25-18-9-14(10-19(26-2)21(18)27-3)4-5-20(24)23-22-11-15-6-16(12-22)8-17(7-15)13-22/h4-5,9-10,15-17H,6-8,11-13H2,1-3H3,(H,23,24). The Hall–Kier alpha value is -2.17. The number of hydrogen-bond acceptors (Lipinski definition) is 4. The van der Waals surface area contributed by atoms with Crippen molar-refractivity contribution in [3.05, 3.63) is 23.8 Å². The van der Waals surface area contributed by atoms with Gasteiger partial charge >= 0.3 is 0 Å². The van der Waals surface area contributed by atoms with E-state index in [1.807, 2.05) is 12.1 Å². The summed E-state index contributed by atoms with van der Waals surface area (Å²) in [4.78, 5) is 12.6. The van der Waals surface area contributed by atoms with Gasteiger partial charge in [0.15, 0.2) is 11.5 Å². The van der Waals surface area contributed by atoms with E-state index in [-0.39, 0.29) is 11.4 Å². The average Bonchev–Trinajstić information content (AvgIpc) is 2.63. The number of carbonyl (C=O) groups is 1. The number of ether oxygens (including phenoxy) is 3. The number of amides is 1. The molecule has 4 fully saturated rings. The highest BCUT2D eigenvalue weighted by Gasteiger charge is 2.51. The molecule has 4 aliphatic rings. The Kier molecular flexibility index (Phi) is 4.79. The van der Waals surface area contributed by atoms with Crippen LogP contribution in [0.15, 0.2) is 18.2 Å². The van der Waals surface area contributed by atoms with E-state index in [9.17, 15) is 4.79 Å². The first kappa shape index (κ1) is 18.2. The molecule has 1 aromatic rings. The largest absolute Gasteiger partial charge is 0.493 e. The molecule has 0 heterocycles. The van der Waals surface area contributed by atoms with Crippen LogP contribution in [0, 0.1) is 17.8 Å². The summed E-state index contributed by atoms with van der Waals surface area (Å²) in [6, 6.07) is 3.69. The van der Waals surface area contributed by atoms with Gasteiger partial charge in [0.1, 0.15) is 0 Å². The second-order valence-corrected chi connectivity index (χ2v) is 8.48. The minimum Gasteiger partial charge on any atom is -0.493 e.